The van der Waals surface area contributed by atoms with E-state index in [2.05, 4.69) is 20.3 Å². The molecule has 1 N–H and O–H groups in total. The van der Waals surface area contributed by atoms with Crippen molar-refractivity contribution in [2.45, 2.75) is 19.0 Å². The van der Waals surface area contributed by atoms with Gasteiger partial charge in [0.05, 0.1) is 0 Å². The Morgan fingerprint density at radius 3 is 2.96 bits per heavy atom. The molecule has 0 saturated carbocycles. The number of aryl methyl sites for hydroxylation is 1. The van der Waals surface area contributed by atoms with Gasteiger partial charge in [-0.05, 0) is 18.6 Å². The Bertz CT molecular complexity index is 696. The highest BCUT2D eigenvalue weighted by molar-refractivity contribution is 5.93. The van der Waals surface area contributed by atoms with Gasteiger partial charge in [0.25, 0.3) is 5.91 Å². The smallest absolute Gasteiger partial charge is 0.274 e. The SMILES string of the molecule is CN(C)C(=O)c1nn(C)cc1CN1CCC(Nc2ccccn2)C1. The van der Waals surface area contributed by atoms with Crippen molar-refractivity contribution in [3.05, 3.63) is 41.9 Å². The van der Waals surface area contributed by atoms with Crippen LogP contribution in [0.2, 0.25) is 0 Å². The number of hydrogen-bond acceptors (Lipinski definition) is 5. The summed E-state index contributed by atoms with van der Waals surface area (Å²) in [5.41, 5.74) is 1.53. The van der Waals surface area contributed by atoms with E-state index < -0.39 is 0 Å². The van der Waals surface area contributed by atoms with Crippen molar-refractivity contribution in [1.29, 1.82) is 0 Å². The monoisotopic (exact) mass is 328 g/mol. The highest BCUT2D eigenvalue weighted by Crippen LogP contribution is 2.18. The van der Waals surface area contributed by atoms with Crippen molar-refractivity contribution in [2.24, 2.45) is 7.05 Å². The number of carbonyl (C=O) groups excluding carboxylic acids is 1. The Morgan fingerprint density at radius 1 is 1.42 bits per heavy atom. The molecule has 1 aliphatic rings. The molecule has 7 nitrogen and oxygen atoms in total. The number of anilines is 1. The van der Waals surface area contributed by atoms with Crippen molar-refractivity contribution < 1.29 is 4.79 Å². The Morgan fingerprint density at radius 2 is 2.25 bits per heavy atom. The number of hydrogen-bond donors (Lipinski definition) is 1. The van der Waals surface area contributed by atoms with E-state index in [1.807, 2.05) is 31.4 Å². The van der Waals surface area contributed by atoms with Crippen LogP contribution in [0.5, 0.6) is 0 Å². The number of amides is 1. The number of likely N-dealkylation sites (tertiary alicyclic amines) is 1. The van der Waals surface area contributed by atoms with Crippen LogP contribution in [0.15, 0.2) is 30.6 Å². The van der Waals surface area contributed by atoms with Crippen molar-refractivity contribution in [1.82, 2.24) is 24.6 Å². The van der Waals surface area contributed by atoms with Crippen LogP contribution in [0, 0.1) is 0 Å². The molecule has 2 aromatic rings. The lowest BCUT2D eigenvalue weighted by Crippen LogP contribution is -2.28. The third-order valence-corrected chi connectivity index (χ3v) is 4.20. The van der Waals surface area contributed by atoms with Crippen LogP contribution in [0.4, 0.5) is 5.82 Å². The number of rotatable bonds is 5. The minimum Gasteiger partial charge on any atom is -0.366 e. The highest BCUT2D eigenvalue weighted by atomic mass is 16.2. The van der Waals surface area contributed by atoms with Crippen LogP contribution in [0.25, 0.3) is 0 Å². The van der Waals surface area contributed by atoms with Crippen LogP contribution in [-0.4, -0.2) is 63.7 Å². The predicted molar refractivity (Wildman–Crippen MR) is 92.8 cm³/mol. The highest BCUT2D eigenvalue weighted by Gasteiger charge is 2.25. The van der Waals surface area contributed by atoms with Gasteiger partial charge in [-0.3, -0.25) is 14.4 Å². The van der Waals surface area contributed by atoms with Gasteiger partial charge < -0.3 is 10.2 Å². The molecule has 1 saturated heterocycles. The molecule has 1 amide bonds. The lowest BCUT2D eigenvalue weighted by atomic mass is 10.2. The summed E-state index contributed by atoms with van der Waals surface area (Å²) in [5, 5.41) is 7.80. The van der Waals surface area contributed by atoms with Crippen molar-refractivity contribution in [3.8, 4) is 0 Å². The molecule has 1 atom stereocenters. The second-order valence-electron chi connectivity index (χ2n) is 6.46. The summed E-state index contributed by atoms with van der Waals surface area (Å²) in [6.07, 6.45) is 4.80. The summed E-state index contributed by atoms with van der Waals surface area (Å²) in [5.74, 6) is 0.863. The quantitative estimate of drug-likeness (QED) is 0.893. The fraction of sp³-hybridized carbons (Fsp3) is 0.471. The lowest BCUT2D eigenvalue weighted by Gasteiger charge is -2.17. The fourth-order valence-electron chi connectivity index (χ4n) is 3.04. The minimum atomic E-state index is -0.0482. The van der Waals surface area contributed by atoms with Crippen molar-refractivity contribution >= 4 is 11.7 Å². The largest absolute Gasteiger partial charge is 0.366 e. The second kappa shape index (κ2) is 7.00. The van der Waals surface area contributed by atoms with E-state index in [1.54, 1.807) is 29.9 Å². The summed E-state index contributed by atoms with van der Waals surface area (Å²) in [6, 6.07) is 6.26. The van der Waals surface area contributed by atoms with E-state index in [9.17, 15) is 4.79 Å². The molecular weight excluding hydrogens is 304 g/mol. The van der Waals surface area contributed by atoms with Crippen LogP contribution < -0.4 is 5.32 Å². The molecule has 1 unspecified atom stereocenters. The van der Waals surface area contributed by atoms with Crippen LogP contribution in [0.1, 0.15) is 22.5 Å². The molecule has 24 heavy (non-hydrogen) atoms. The maximum Gasteiger partial charge on any atom is 0.274 e. The molecule has 0 bridgehead atoms. The molecule has 0 radical (unpaired) electrons. The average Bonchev–Trinajstić information content (AvgIpc) is 3.14. The van der Waals surface area contributed by atoms with E-state index in [0.717, 1.165) is 37.4 Å². The van der Waals surface area contributed by atoms with Gasteiger partial charge in [0, 0.05) is 64.8 Å². The van der Waals surface area contributed by atoms with E-state index in [4.69, 9.17) is 0 Å². The summed E-state index contributed by atoms with van der Waals surface area (Å²) in [6.45, 7) is 2.67. The summed E-state index contributed by atoms with van der Waals surface area (Å²) < 4.78 is 1.71. The first kappa shape index (κ1) is 16.4. The number of pyridine rings is 1. The van der Waals surface area contributed by atoms with E-state index in [1.165, 1.54) is 0 Å². The molecule has 0 spiro atoms. The van der Waals surface area contributed by atoms with E-state index in [0.29, 0.717) is 11.7 Å². The summed E-state index contributed by atoms with van der Waals surface area (Å²) in [4.78, 5) is 20.5. The van der Waals surface area contributed by atoms with Crippen LogP contribution in [-0.2, 0) is 13.6 Å². The van der Waals surface area contributed by atoms with Gasteiger partial charge >= 0.3 is 0 Å². The molecule has 7 heteroatoms. The van der Waals surface area contributed by atoms with Crippen molar-refractivity contribution in [2.75, 3.05) is 32.5 Å². The molecule has 3 rings (SSSR count). The molecule has 0 aromatic carbocycles. The van der Waals surface area contributed by atoms with Gasteiger partial charge in [0.15, 0.2) is 5.69 Å². The Kier molecular flexibility index (Phi) is 4.80. The second-order valence-corrected chi connectivity index (χ2v) is 6.46. The first-order chi connectivity index (χ1) is 11.5. The van der Waals surface area contributed by atoms with Crippen molar-refractivity contribution in [3.63, 3.8) is 0 Å². The van der Waals surface area contributed by atoms with Crippen LogP contribution >= 0.6 is 0 Å². The van der Waals surface area contributed by atoms with Gasteiger partial charge in [-0.2, -0.15) is 5.10 Å². The van der Waals surface area contributed by atoms with Gasteiger partial charge in [-0.1, -0.05) is 6.07 Å². The predicted octanol–water partition coefficient (Wildman–Crippen LogP) is 1.20. The number of nitrogens with one attached hydrogen (secondary N) is 1. The zero-order valence-electron chi connectivity index (χ0n) is 14.4. The first-order valence-corrected chi connectivity index (χ1v) is 8.17. The molecule has 3 heterocycles. The third-order valence-electron chi connectivity index (χ3n) is 4.20. The topological polar surface area (TPSA) is 66.3 Å². The average molecular weight is 328 g/mol. The van der Waals surface area contributed by atoms with Crippen LogP contribution in [0.3, 0.4) is 0 Å². The molecular formula is C17H24N6O. The standard InChI is InChI=1S/C17H24N6O/c1-21(2)17(24)16-13(10-22(3)20-16)11-23-9-7-14(12-23)19-15-6-4-5-8-18-15/h4-6,8,10,14H,7,9,11-12H2,1-3H3,(H,18,19). The number of carbonyl (C=O) groups is 1. The van der Waals surface area contributed by atoms with Gasteiger partial charge in [-0.15, -0.1) is 0 Å². The van der Waals surface area contributed by atoms with E-state index in [-0.39, 0.29) is 5.91 Å². The third kappa shape index (κ3) is 3.73. The zero-order chi connectivity index (χ0) is 17.1. The number of aromatic nitrogens is 3. The zero-order valence-corrected chi connectivity index (χ0v) is 14.4. The fourth-order valence-corrected chi connectivity index (χ4v) is 3.04. The summed E-state index contributed by atoms with van der Waals surface area (Å²) in [7, 11) is 5.36. The maximum atomic E-state index is 12.3. The Balaban J connectivity index is 1.63. The molecule has 1 fully saturated rings. The normalized spacial score (nSPS) is 17.9. The lowest BCUT2D eigenvalue weighted by molar-refractivity contribution is 0.0819. The Hall–Kier alpha value is -2.41. The first-order valence-electron chi connectivity index (χ1n) is 8.17. The summed E-state index contributed by atoms with van der Waals surface area (Å²) >= 11 is 0. The molecule has 1 aliphatic heterocycles. The van der Waals surface area contributed by atoms with E-state index >= 15 is 0 Å². The molecule has 0 aliphatic carbocycles. The Labute approximate surface area is 142 Å². The maximum absolute atomic E-state index is 12.3. The van der Waals surface area contributed by atoms with Gasteiger partial charge in [-0.25, -0.2) is 4.98 Å². The molecule has 128 valence electrons. The molecule has 2 aromatic heterocycles. The minimum absolute atomic E-state index is 0.0482. The van der Waals surface area contributed by atoms with Gasteiger partial charge in [0.2, 0.25) is 0 Å². The van der Waals surface area contributed by atoms with Gasteiger partial charge in [0.1, 0.15) is 5.82 Å². The number of nitrogens with zero attached hydrogens (tertiary/aromatic N) is 5.